The molecule has 0 amide bonds. The highest BCUT2D eigenvalue weighted by Gasteiger charge is 2.19. The van der Waals surface area contributed by atoms with Crippen molar-refractivity contribution in [3.05, 3.63) is 77.3 Å². The summed E-state index contributed by atoms with van der Waals surface area (Å²) in [5.74, 6) is 1.70. The molecule has 1 aliphatic rings. The first-order valence-corrected chi connectivity index (χ1v) is 9.66. The van der Waals surface area contributed by atoms with E-state index in [1.165, 1.54) is 11.3 Å². The van der Waals surface area contributed by atoms with Gasteiger partial charge in [-0.3, -0.25) is 14.8 Å². The summed E-state index contributed by atoms with van der Waals surface area (Å²) in [6.07, 6.45) is 1.87. The molecule has 1 fully saturated rings. The molecule has 0 saturated carbocycles. The van der Waals surface area contributed by atoms with Crippen LogP contribution in [0, 0.1) is 18.3 Å². The van der Waals surface area contributed by atoms with Crippen LogP contribution < -0.4 is 0 Å². The van der Waals surface area contributed by atoms with Gasteiger partial charge in [0.1, 0.15) is 11.5 Å². The number of nitriles is 1. The lowest BCUT2D eigenvalue weighted by molar-refractivity contribution is 0.115. The summed E-state index contributed by atoms with van der Waals surface area (Å²) in [6, 6.07) is 17.9. The Morgan fingerprint density at radius 2 is 1.71 bits per heavy atom. The number of benzene rings is 1. The Labute approximate surface area is 165 Å². The molecule has 5 heteroatoms. The highest BCUT2D eigenvalue weighted by atomic mass is 16.3. The minimum absolute atomic E-state index is 0.641. The van der Waals surface area contributed by atoms with Crippen LogP contribution in [0.3, 0.4) is 0 Å². The van der Waals surface area contributed by atoms with E-state index in [-0.39, 0.29) is 0 Å². The largest absolute Gasteiger partial charge is 0.460 e. The van der Waals surface area contributed by atoms with Crippen molar-refractivity contribution in [3.8, 4) is 17.4 Å². The zero-order chi connectivity index (χ0) is 19.3. The van der Waals surface area contributed by atoms with Crippen LogP contribution in [0.1, 0.15) is 22.6 Å². The summed E-state index contributed by atoms with van der Waals surface area (Å²) in [5, 5.41) is 9.29. The third-order valence-electron chi connectivity index (χ3n) is 5.31. The van der Waals surface area contributed by atoms with Gasteiger partial charge in [-0.05, 0) is 42.8 Å². The molecule has 4 rings (SSSR count). The number of pyridine rings is 1. The Morgan fingerprint density at radius 3 is 2.46 bits per heavy atom. The van der Waals surface area contributed by atoms with Crippen molar-refractivity contribution in [1.29, 1.82) is 5.26 Å². The van der Waals surface area contributed by atoms with E-state index in [9.17, 15) is 5.26 Å². The van der Waals surface area contributed by atoms with Gasteiger partial charge in [0.2, 0.25) is 0 Å². The molecule has 1 aromatic carbocycles. The number of piperazine rings is 1. The topological polar surface area (TPSA) is 56.3 Å². The van der Waals surface area contributed by atoms with Crippen molar-refractivity contribution in [1.82, 2.24) is 14.8 Å². The predicted octanol–water partition coefficient (Wildman–Crippen LogP) is 3.84. The zero-order valence-corrected chi connectivity index (χ0v) is 16.1. The van der Waals surface area contributed by atoms with Gasteiger partial charge in [0.25, 0.3) is 0 Å². The second kappa shape index (κ2) is 8.39. The summed E-state index contributed by atoms with van der Waals surface area (Å²) in [6.45, 7) is 7.91. The average Bonchev–Trinajstić information content (AvgIpc) is 3.19. The highest BCUT2D eigenvalue weighted by molar-refractivity contribution is 5.66. The van der Waals surface area contributed by atoms with Crippen LogP contribution in [0.5, 0.6) is 0 Å². The smallest absolute Gasteiger partial charge is 0.135 e. The van der Waals surface area contributed by atoms with Gasteiger partial charge in [0.15, 0.2) is 0 Å². The van der Waals surface area contributed by atoms with Crippen molar-refractivity contribution in [2.45, 2.75) is 20.0 Å². The first kappa shape index (κ1) is 18.4. The van der Waals surface area contributed by atoms with Gasteiger partial charge in [-0.25, -0.2) is 0 Å². The van der Waals surface area contributed by atoms with E-state index in [2.05, 4.69) is 33.8 Å². The summed E-state index contributed by atoms with van der Waals surface area (Å²) in [5.41, 5.74) is 3.92. The molecule has 0 spiro atoms. The first-order chi connectivity index (χ1) is 13.7. The van der Waals surface area contributed by atoms with E-state index in [4.69, 9.17) is 4.42 Å². The van der Waals surface area contributed by atoms with Crippen LogP contribution in [0.2, 0.25) is 0 Å². The highest BCUT2D eigenvalue weighted by Crippen LogP contribution is 2.26. The number of furan rings is 1. The molecule has 0 aliphatic carbocycles. The lowest BCUT2D eigenvalue weighted by Gasteiger charge is -2.34. The van der Waals surface area contributed by atoms with Crippen molar-refractivity contribution >= 4 is 0 Å². The molecular formula is C23H24N4O. The molecule has 0 bridgehead atoms. The van der Waals surface area contributed by atoms with Gasteiger partial charge in [0.05, 0.1) is 23.9 Å². The normalized spacial score (nSPS) is 15.4. The molecule has 0 N–H and O–H groups in total. The molecule has 142 valence electrons. The van der Waals surface area contributed by atoms with Crippen molar-refractivity contribution in [2.24, 2.45) is 0 Å². The SMILES string of the molecule is Cc1cccnc1CN1CCN(Cc2ccc(-c3ccccc3C#N)o2)CC1. The zero-order valence-electron chi connectivity index (χ0n) is 16.1. The van der Waals surface area contributed by atoms with Crippen LogP contribution in [0.25, 0.3) is 11.3 Å². The van der Waals surface area contributed by atoms with Crippen LogP contribution in [-0.2, 0) is 13.1 Å². The Morgan fingerprint density at radius 1 is 0.964 bits per heavy atom. The van der Waals surface area contributed by atoms with Gasteiger partial charge < -0.3 is 4.42 Å². The van der Waals surface area contributed by atoms with Crippen LogP contribution >= 0.6 is 0 Å². The minimum Gasteiger partial charge on any atom is -0.460 e. The number of rotatable bonds is 5. The van der Waals surface area contributed by atoms with E-state index >= 15 is 0 Å². The molecule has 28 heavy (non-hydrogen) atoms. The van der Waals surface area contributed by atoms with Crippen molar-refractivity contribution in [2.75, 3.05) is 26.2 Å². The van der Waals surface area contributed by atoms with Crippen molar-refractivity contribution in [3.63, 3.8) is 0 Å². The fourth-order valence-corrected chi connectivity index (χ4v) is 3.62. The Hall–Kier alpha value is -2.94. The quantitative estimate of drug-likeness (QED) is 0.681. The van der Waals surface area contributed by atoms with Gasteiger partial charge in [0, 0.05) is 44.5 Å². The van der Waals surface area contributed by atoms with Gasteiger partial charge in [-0.15, -0.1) is 0 Å². The fourth-order valence-electron chi connectivity index (χ4n) is 3.62. The standard InChI is InChI=1S/C23H24N4O/c1-18-5-4-10-25-22(18)17-27-13-11-26(12-14-27)16-20-8-9-23(28-20)21-7-3-2-6-19(21)15-24/h2-10H,11-14,16-17H2,1H3. The van der Waals surface area contributed by atoms with Gasteiger partial charge >= 0.3 is 0 Å². The van der Waals surface area contributed by atoms with E-state index in [0.29, 0.717) is 5.56 Å². The summed E-state index contributed by atoms with van der Waals surface area (Å²) in [7, 11) is 0. The number of hydrogen-bond donors (Lipinski definition) is 0. The van der Waals surface area contributed by atoms with Crippen LogP contribution in [0.15, 0.2) is 59.1 Å². The predicted molar refractivity (Wildman–Crippen MR) is 108 cm³/mol. The number of aryl methyl sites for hydroxylation is 1. The summed E-state index contributed by atoms with van der Waals surface area (Å²) >= 11 is 0. The Bertz CT molecular complexity index is 980. The molecule has 0 atom stereocenters. The Balaban J connectivity index is 1.34. The number of aromatic nitrogens is 1. The number of hydrogen-bond acceptors (Lipinski definition) is 5. The maximum atomic E-state index is 9.29. The van der Waals surface area contributed by atoms with Crippen LogP contribution in [0.4, 0.5) is 0 Å². The monoisotopic (exact) mass is 372 g/mol. The molecule has 0 radical (unpaired) electrons. The Kier molecular flexibility index (Phi) is 5.52. The van der Waals surface area contributed by atoms with Crippen molar-refractivity contribution < 1.29 is 4.42 Å². The summed E-state index contributed by atoms with van der Waals surface area (Å²) in [4.78, 5) is 9.39. The fraction of sp³-hybridized carbons (Fsp3) is 0.304. The maximum Gasteiger partial charge on any atom is 0.135 e. The van der Waals surface area contributed by atoms with Gasteiger partial charge in [-0.1, -0.05) is 18.2 Å². The molecule has 5 nitrogen and oxygen atoms in total. The molecular weight excluding hydrogens is 348 g/mol. The molecule has 2 aromatic heterocycles. The van der Waals surface area contributed by atoms with E-state index < -0.39 is 0 Å². The van der Waals surface area contributed by atoms with E-state index in [1.807, 2.05) is 48.7 Å². The van der Waals surface area contributed by atoms with Gasteiger partial charge in [-0.2, -0.15) is 5.26 Å². The maximum absolute atomic E-state index is 9.29. The second-order valence-electron chi connectivity index (χ2n) is 7.24. The van der Waals surface area contributed by atoms with Crippen LogP contribution in [-0.4, -0.2) is 41.0 Å². The molecule has 3 aromatic rings. The first-order valence-electron chi connectivity index (χ1n) is 9.66. The molecule has 1 saturated heterocycles. The third kappa shape index (κ3) is 4.14. The molecule has 0 unspecified atom stereocenters. The number of nitrogens with zero attached hydrogens (tertiary/aromatic N) is 4. The summed E-state index contributed by atoms with van der Waals surface area (Å²) < 4.78 is 6.04. The minimum atomic E-state index is 0.641. The lowest BCUT2D eigenvalue weighted by Crippen LogP contribution is -2.45. The van der Waals surface area contributed by atoms with E-state index in [1.54, 1.807) is 0 Å². The second-order valence-corrected chi connectivity index (χ2v) is 7.24. The average molecular weight is 372 g/mol. The molecule has 3 heterocycles. The molecule has 1 aliphatic heterocycles. The third-order valence-corrected chi connectivity index (χ3v) is 5.31. The lowest BCUT2D eigenvalue weighted by atomic mass is 10.1. The van der Waals surface area contributed by atoms with E-state index in [0.717, 1.165) is 56.4 Å².